The first-order valence-electron chi connectivity index (χ1n) is 4.94. The van der Waals surface area contributed by atoms with Gasteiger partial charge in [-0.15, -0.1) is 0 Å². The van der Waals surface area contributed by atoms with Crippen LogP contribution in [0.5, 0.6) is 0 Å². The van der Waals surface area contributed by atoms with Gasteiger partial charge >= 0.3 is 0 Å². The van der Waals surface area contributed by atoms with Crippen molar-refractivity contribution in [2.75, 3.05) is 7.05 Å². The van der Waals surface area contributed by atoms with Gasteiger partial charge in [0.1, 0.15) is 0 Å². The highest BCUT2D eigenvalue weighted by Gasteiger charge is 2.29. The van der Waals surface area contributed by atoms with E-state index in [1.54, 1.807) is 7.28 Å². The van der Waals surface area contributed by atoms with Crippen LogP contribution in [0, 0.1) is 0 Å². The molecule has 87 valence electrons. The van der Waals surface area contributed by atoms with Crippen LogP contribution in [0.2, 0.25) is 0 Å². The average Bonchev–Trinajstić information content (AvgIpc) is 3.01. The Morgan fingerprint density at radius 2 is 1.81 bits per heavy atom. The maximum Gasteiger partial charge on any atom is 0.271 e. The van der Waals surface area contributed by atoms with Gasteiger partial charge in [-0.25, -0.2) is 0 Å². The van der Waals surface area contributed by atoms with E-state index < -0.39 is 0 Å². The summed E-state index contributed by atoms with van der Waals surface area (Å²) >= 11 is 0. The number of nitrogens with zero attached hydrogens (tertiary/aromatic N) is 1. The van der Waals surface area contributed by atoms with Crippen LogP contribution in [0.25, 0.3) is 0 Å². The molecule has 4 nitrogen and oxygen atoms in total. The summed E-state index contributed by atoms with van der Waals surface area (Å²) in [5.74, 6) is 0.110. The lowest BCUT2D eigenvalue weighted by molar-refractivity contribution is 0.230. The summed E-state index contributed by atoms with van der Waals surface area (Å²) in [6, 6.07) is 10.2. The van der Waals surface area contributed by atoms with Crippen molar-refractivity contribution in [3.63, 3.8) is 0 Å². The minimum atomic E-state index is 0. The molecule has 1 aromatic rings. The largest absolute Gasteiger partial charge is 0.412 e. The van der Waals surface area contributed by atoms with Crippen LogP contribution in [0.3, 0.4) is 0 Å². The second-order valence-electron chi connectivity index (χ2n) is 3.74. The number of hydrogen-bond acceptors (Lipinski definition) is 1. The first-order valence-corrected chi connectivity index (χ1v) is 4.94. The third-order valence-corrected chi connectivity index (χ3v) is 2.53. The molecule has 0 spiro atoms. The van der Waals surface area contributed by atoms with E-state index in [2.05, 4.69) is 0 Å². The number of benzene rings is 1. The van der Waals surface area contributed by atoms with Crippen molar-refractivity contribution >= 4 is 18.5 Å². The maximum absolute atomic E-state index is 11.7. The minimum Gasteiger partial charge on any atom is -0.412 e. The first kappa shape index (κ1) is 14.7. The number of rotatable bonds is 3. The van der Waals surface area contributed by atoms with Gasteiger partial charge in [-0.3, -0.25) is 4.79 Å². The summed E-state index contributed by atoms with van der Waals surface area (Å²) in [5.41, 5.74) is 0.977. The molecule has 1 amide bonds. The van der Waals surface area contributed by atoms with Crippen molar-refractivity contribution in [3.8, 4) is 0 Å². The van der Waals surface area contributed by atoms with E-state index in [0.717, 1.165) is 18.3 Å². The average molecular weight is 222 g/mol. The molecule has 0 unspecified atom stereocenters. The van der Waals surface area contributed by atoms with E-state index in [1.165, 1.54) is 0 Å². The van der Waals surface area contributed by atoms with Crippen molar-refractivity contribution in [1.29, 1.82) is 0 Å². The molecule has 2 rings (SSSR count). The Morgan fingerprint density at radius 1 is 1.25 bits per heavy atom. The van der Waals surface area contributed by atoms with Gasteiger partial charge in [0, 0.05) is 13.1 Å². The smallest absolute Gasteiger partial charge is 0.271 e. The summed E-state index contributed by atoms with van der Waals surface area (Å²) in [6.45, 7) is 0. The number of carbonyl (C=O) groups is 1. The highest BCUT2D eigenvalue weighted by molar-refractivity contribution is 6.83. The zero-order chi connectivity index (χ0) is 9.97. The standard InChI is InChI=1S/C11H13BNO.2H2O/c1-13(10-7-8-10)11(14)12-9-5-3-2-4-6-9;;/h2-6,10H,7-8H2,1H3;2*1H2. The van der Waals surface area contributed by atoms with Crippen LogP contribution in [-0.2, 0) is 0 Å². The summed E-state index contributed by atoms with van der Waals surface area (Å²) in [7, 11) is 3.57. The van der Waals surface area contributed by atoms with Crippen molar-refractivity contribution in [3.05, 3.63) is 30.3 Å². The van der Waals surface area contributed by atoms with Crippen LogP contribution >= 0.6 is 0 Å². The second-order valence-corrected chi connectivity index (χ2v) is 3.74. The Balaban J connectivity index is 0.00000112. The molecular weight excluding hydrogens is 205 g/mol. The lowest BCUT2D eigenvalue weighted by Gasteiger charge is -2.15. The predicted octanol–water partition coefficient (Wildman–Crippen LogP) is -0.419. The zero-order valence-electron chi connectivity index (χ0n) is 9.31. The fourth-order valence-corrected chi connectivity index (χ4v) is 1.44. The van der Waals surface area contributed by atoms with Crippen LogP contribution in [-0.4, -0.2) is 42.0 Å². The minimum absolute atomic E-state index is 0. The van der Waals surface area contributed by atoms with Crippen molar-refractivity contribution < 1.29 is 15.7 Å². The molecule has 1 aromatic carbocycles. The van der Waals surface area contributed by atoms with Crippen molar-refractivity contribution in [2.45, 2.75) is 18.9 Å². The van der Waals surface area contributed by atoms with Crippen LogP contribution in [0.1, 0.15) is 12.8 Å². The Morgan fingerprint density at radius 3 is 2.31 bits per heavy atom. The lowest BCUT2D eigenvalue weighted by Crippen LogP contribution is -2.36. The molecule has 1 saturated carbocycles. The second kappa shape index (κ2) is 6.30. The first-order chi connectivity index (χ1) is 6.77. The summed E-state index contributed by atoms with van der Waals surface area (Å²) in [6.07, 6.45) is 2.32. The molecule has 0 atom stereocenters. The quantitative estimate of drug-likeness (QED) is 0.639. The predicted molar refractivity (Wildman–Crippen MR) is 65.2 cm³/mol. The number of carbonyl (C=O) groups excluding carboxylic acids is 1. The lowest BCUT2D eigenvalue weighted by atomic mass is 9.69. The van der Waals surface area contributed by atoms with Crippen LogP contribution < -0.4 is 5.46 Å². The monoisotopic (exact) mass is 222 g/mol. The summed E-state index contributed by atoms with van der Waals surface area (Å²) < 4.78 is 0. The van der Waals surface area contributed by atoms with Gasteiger partial charge in [-0.2, -0.15) is 0 Å². The third-order valence-electron chi connectivity index (χ3n) is 2.53. The molecule has 16 heavy (non-hydrogen) atoms. The van der Waals surface area contributed by atoms with E-state index in [1.807, 2.05) is 42.3 Å². The van der Waals surface area contributed by atoms with Gasteiger partial charge < -0.3 is 15.9 Å². The SMILES string of the molecule is CN(C(=O)[B]c1ccccc1)C1CC1.O.O. The molecule has 5 heteroatoms. The molecule has 0 heterocycles. The highest BCUT2D eigenvalue weighted by atomic mass is 16.2. The van der Waals surface area contributed by atoms with E-state index in [4.69, 9.17) is 0 Å². The van der Waals surface area contributed by atoms with Gasteiger partial charge in [0.15, 0.2) is 5.81 Å². The molecule has 4 N–H and O–H groups in total. The van der Waals surface area contributed by atoms with Crippen LogP contribution in [0.4, 0.5) is 4.79 Å². The zero-order valence-corrected chi connectivity index (χ0v) is 9.31. The fraction of sp³-hybridized carbons (Fsp3) is 0.364. The molecule has 1 radical (unpaired) electrons. The number of hydrogen-bond donors (Lipinski definition) is 0. The van der Waals surface area contributed by atoms with Crippen molar-refractivity contribution in [1.82, 2.24) is 4.90 Å². The molecule has 1 aliphatic rings. The Labute approximate surface area is 96.1 Å². The molecule has 0 bridgehead atoms. The molecule has 0 saturated heterocycles. The Kier molecular flexibility index (Phi) is 5.78. The molecule has 1 fully saturated rings. The summed E-state index contributed by atoms with van der Waals surface area (Å²) in [4.78, 5) is 13.5. The topological polar surface area (TPSA) is 83.3 Å². The van der Waals surface area contributed by atoms with Gasteiger partial charge in [-0.1, -0.05) is 35.8 Å². The van der Waals surface area contributed by atoms with Gasteiger partial charge in [0.05, 0.1) is 0 Å². The van der Waals surface area contributed by atoms with Gasteiger partial charge in [0.25, 0.3) is 7.28 Å². The number of amides is 1. The molecule has 0 aromatic heterocycles. The van der Waals surface area contributed by atoms with E-state index >= 15 is 0 Å². The summed E-state index contributed by atoms with van der Waals surface area (Å²) in [5, 5.41) is 0. The molecule has 0 aliphatic heterocycles. The van der Waals surface area contributed by atoms with Crippen molar-refractivity contribution in [2.24, 2.45) is 0 Å². The van der Waals surface area contributed by atoms with Gasteiger partial charge in [-0.05, 0) is 12.8 Å². The maximum atomic E-state index is 11.7. The molecular formula is C11H17BNO3. The van der Waals surface area contributed by atoms with E-state index in [9.17, 15) is 4.79 Å². The molecule has 1 aliphatic carbocycles. The van der Waals surface area contributed by atoms with E-state index in [-0.39, 0.29) is 16.8 Å². The normalized spacial score (nSPS) is 13.1. The highest BCUT2D eigenvalue weighted by Crippen LogP contribution is 2.25. The Hall–Kier alpha value is -1.33. The Bertz CT molecular complexity index is 327. The fourth-order valence-electron chi connectivity index (χ4n) is 1.44. The van der Waals surface area contributed by atoms with Crippen LogP contribution in [0.15, 0.2) is 30.3 Å². The van der Waals surface area contributed by atoms with Gasteiger partial charge in [0.2, 0.25) is 0 Å². The third kappa shape index (κ3) is 3.68. The van der Waals surface area contributed by atoms with E-state index in [0.29, 0.717) is 6.04 Å².